The van der Waals surface area contributed by atoms with E-state index in [0.717, 1.165) is 31.6 Å². The molecule has 0 radical (unpaired) electrons. The zero-order valence-corrected chi connectivity index (χ0v) is 12.7. The molecule has 1 aromatic heterocycles. The quantitative estimate of drug-likeness (QED) is 0.762. The number of hydrogen-bond acceptors (Lipinski definition) is 4. The Morgan fingerprint density at radius 1 is 1.57 bits per heavy atom. The van der Waals surface area contributed by atoms with E-state index in [2.05, 4.69) is 5.10 Å². The van der Waals surface area contributed by atoms with Crippen LogP contribution in [0.3, 0.4) is 0 Å². The third-order valence-electron chi connectivity index (χ3n) is 3.85. The molecule has 2 rings (SSSR count). The second-order valence-electron chi connectivity index (χ2n) is 5.35. The van der Waals surface area contributed by atoms with Gasteiger partial charge in [-0.2, -0.15) is 5.10 Å². The Balaban J connectivity index is 1.88. The van der Waals surface area contributed by atoms with Gasteiger partial charge in [-0.1, -0.05) is 0 Å². The van der Waals surface area contributed by atoms with E-state index in [1.807, 2.05) is 24.1 Å². The number of aliphatic hydroxyl groups is 1. The van der Waals surface area contributed by atoms with Crippen LogP contribution in [0, 0.1) is 0 Å². The van der Waals surface area contributed by atoms with Crippen LogP contribution in [0.5, 0.6) is 0 Å². The molecule has 1 saturated heterocycles. The monoisotopic (exact) mass is 295 g/mol. The van der Waals surface area contributed by atoms with Crippen molar-refractivity contribution in [1.29, 1.82) is 0 Å². The minimum absolute atomic E-state index is 0.0911. The van der Waals surface area contributed by atoms with E-state index in [1.165, 1.54) is 0 Å². The van der Waals surface area contributed by atoms with Gasteiger partial charge in [0.25, 0.3) is 0 Å². The van der Waals surface area contributed by atoms with Gasteiger partial charge < -0.3 is 14.7 Å². The molecule has 1 N–H and O–H groups in total. The summed E-state index contributed by atoms with van der Waals surface area (Å²) >= 11 is 0. The lowest BCUT2D eigenvalue weighted by Crippen LogP contribution is -2.39. The summed E-state index contributed by atoms with van der Waals surface area (Å²) in [6.07, 6.45) is 4.42. The predicted octanol–water partition coefficient (Wildman–Crippen LogP) is 1.01. The van der Waals surface area contributed by atoms with Crippen LogP contribution in [0.4, 0.5) is 0 Å². The van der Waals surface area contributed by atoms with Crippen molar-refractivity contribution in [3.05, 3.63) is 18.0 Å². The maximum absolute atomic E-state index is 12.1. The molecule has 2 heterocycles. The van der Waals surface area contributed by atoms with Crippen LogP contribution in [-0.4, -0.2) is 58.6 Å². The molecule has 1 atom stereocenters. The lowest BCUT2D eigenvalue weighted by atomic mass is 9.95. The molecule has 1 amide bonds. The highest BCUT2D eigenvalue weighted by Crippen LogP contribution is 2.25. The molecule has 0 aliphatic carbocycles. The Hall–Kier alpha value is -1.40. The summed E-state index contributed by atoms with van der Waals surface area (Å²) in [6, 6.07) is 1.99. The Labute approximate surface area is 125 Å². The Morgan fingerprint density at radius 3 is 3.19 bits per heavy atom. The molecule has 1 aromatic rings. The Bertz CT molecular complexity index is 447. The molecule has 1 aliphatic rings. The molecule has 0 unspecified atom stereocenters. The summed E-state index contributed by atoms with van der Waals surface area (Å²) in [5.74, 6) is 0.470. The van der Waals surface area contributed by atoms with Crippen molar-refractivity contribution in [1.82, 2.24) is 14.7 Å². The number of carbonyl (C=O) groups is 1. The topological polar surface area (TPSA) is 67.6 Å². The van der Waals surface area contributed by atoms with Crippen LogP contribution in [0.15, 0.2) is 12.3 Å². The van der Waals surface area contributed by atoms with Gasteiger partial charge in [-0.25, -0.2) is 0 Å². The zero-order chi connectivity index (χ0) is 15.1. The van der Waals surface area contributed by atoms with Crippen LogP contribution < -0.4 is 0 Å². The van der Waals surface area contributed by atoms with Gasteiger partial charge in [-0.05, 0) is 25.8 Å². The highest BCUT2D eigenvalue weighted by atomic mass is 16.5. The largest absolute Gasteiger partial charge is 0.394 e. The molecular formula is C15H25N3O3. The minimum Gasteiger partial charge on any atom is -0.394 e. The molecule has 6 nitrogen and oxygen atoms in total. The number of carbonyl (C=O) groups excluding carboxylic acids is 1. The van der Waals surface area contributed by atoms with Crippen molar-refractivity contribution in [2.24, 2.45) is 0 Å². The number of hydrogen-bond donors (Lipinski definition) is 1. The fourth-order valence-corrected chi connectivity index (χ4v) is 2.73. The SMILES string of the molecule is CCOCCC(=O)N1CCC[C@H](c2ccn(CCO)n2)C1. The molecule has 6 heteroatoms. The Kier molecular flexibility index (Phi) is 6.20. The predicted molar refractivity (Wildman–Crippen MR) is 79.0 cm³/mol. The molecule has 0 aromatic carbocycles. The van der Waals surface area contributed by atoms with Crippen LogP contribution in [0.2, 0.25) is 0 Å². The molecule has 0 saturated carbocycles. The van der Waals surface area contributed by atoms with Gasteiger partial charge in [-0.3, -0.25) is 9.48 Å². The zero-order valence-electron chi connectivity index (χ0n) is 12.7. The van der Waals surface area contributed by atoms with E-state index in [9.17, 15) is 4.79 Å². The first kappa shape index (κ1) is 16.0. The first-order valence-electron chi connectivity index (χ1n) is 7.74. The average Bonchev–Trinajstić information content (AvgIpc) is 2.97. The lowest BCUT2D eigenvalue weighted by molar-refractivity contribution is -0.133. The van der Waals surface area contributed by atoms with E-state index in [1.54, 1.807) is 4.68 Å². The van der Waals surface area contributed by atoms with E-state index < -0.39 is 0 Å². The molecule has 118 valence electrons. The summed E-state index contributed by atoms with van der Waals surface area (Å²) in [4.78, 5) is 14.1. The van der Waals surface area contributed by atoms with Crippen LogP contribution in [-0.2, 0) is 16.1 Å². The van der Waals surface area contributed by atoms with Crippen molar-refractivity contribution in [2.75, 3.05) is 32.9 Å². The smallest absolute Gasteiger partial charge is 0.224 e. The Morgan fingerprint density at radius 2 is 2.43 bits per heavy atom. The number of rotatable bonds is 7. The average molecular weight is 295 g/mol. The van der Waals surface area contributed by atoms with E-state index in [-0.39, 0.29) is 12.5 Å². The maximum Gasteiger partial charge on any atom is 0.224 e. The molecule has 0 spiro atoms. The van der Waals surface area contributed by atoms with Gasteiger partial charge in [0.2, 0.25) is 5.91 Å². The fraction of sp³-hybridized carbons (Fsp3) is 0.733. The lowest BCUT2D eigenvalue weighted by Gasteiger charge is -2.32. The second kappa shape index (κ2) is 8.14. The molecular weight excluding hydrogens is 270 g/mol. The first-order chi connectivity index (χ1) is 10.2. The van der Waals surface area contributed by atoms with Crippen molar-refractivity contribution < 1.29 is 14.6 Å². The van der Waals surface area contributed by atoms with Crippen LogP contribution >= 0.6 is 0 Å². The van der Waals surface area contributed by atoms with E-state index in [4.69, 9.17) is 9.84 Å². The highest BCUT2D eigenvalue weighted by Gasteiger charge is 2.25. The van der Waals surface area contributed by atoms with E-state index >= 15 is 0 Å². The fourth-order valence-electron chi connectivity index (χ4n) is 2.73. The number of amides is 1. The van der Waals surface area contributed by atoms with Crippen LogP contribution in [0.1, 0.15) is 37.8 Å². The first-order valence-corrected chi connectivity index (χ1v) is 7.74. The number of aliphatic hydroxyl groups excluding tert-OH is 1. The third kappa shape index (κ3) is 4.54. The molecule has 1 aliphatic heterocycles. The molecule has 1 fully saturated rings. The summed E-state index contributed by atoms with van der Waals surface area (Å²) in [7, 11) is 0. The summed E-state index contributed by atoms with van der Waals surface area (Å²) < 4.78 is 7.00. The summed E-state index contributed by atoms with van der Waals surface area (Å²) in [5.41, 5.74) is 1.02. The van der Waals surface area contributed by atoms with E-state index in [0.29, 0.717) is 32.1 Å². The van der Waals surface area contributed by atoms with Gasteiger partial charge in [0, 0.05) is 31.8 Å². The van der Waals surface area contributed by atoms with Crippen molar-refractivity contribution in [2.45, 2.75) is 38.6 Å². The maximum atomic E-state index is 12.1. The van der Waals surface area contributed by atoms with Gasteiger partial charge >= 0.3 is 0 Å². The highest BCUT2D eigenvalue weighted by molar-refractivity contribution is 5.76. The molecule has 0 bridgehead atoms. The summed E-state index contributed by atoms with van der Waals surface area (Å²) in [5, 5.41) is 13.4. The van der Waals surface area contributed by atoms with Gasteiger partial charge in [0.05, 0.1) is 31.9 Å². The standard InChI is InChI=1S/C15H25N3O3/c1-2-21-11-6-15(20)17-7-3-4-13(12-17)14-5-8-18(16-14)9-10-19/h5,8,13,19H,2-4,6-7,9-12H2,1H3/t13-/m0/s1. The second-order valence-corrected chi connectivity index (χ2v) is 5.35. The third-order valence-corrected chi connectivity index (χ3v) is 3.85. The normalized spacial score (nSPS) is 19.0. The number of ether oxygens (including phenoxy) is 1. The number of piperidine rings is 1. The number of aromatic nitrogens is 2. The van der Waals surface area contributed by atoms with Gasteiger partial charge in [0.1, 0.15) is 0 Å². The van der Waals surface area contributed by atoms with Crippen molar-refractivity contribution in [3.63, 3.8) is 0 Å². The van der Waals surface area contributed by atoms with Gasteiger partial charge in [-0.15, -0.1) is 0 Å². The van der Waals surface area contributed by atoms with Crippen molar-refractivity contribution >= 4 is 5.91 Å². The van der Waals surface area contributed by atoms with Gasteiger partial charge in [0.15, 0.2) is 0 Å². The summed E-state index contributed by atoms with van der Waals surface area (Å²) in [6.45, 7) is 5.27. The number of nitrogens with zero attached hydrogens (tertiary/aromatic N) is 3. The minimum atomic E-state index is 0.0911. The number of likely N-dealkylation sites (tertiary alicyclic amines) is 1. The van der Waals surface area contributed by atoms with Crippen LogP contribution in [0.25, 0.3) is 0 Å². The van der Waals surface area contributed by atoms with Crippen molar-refractivity contribution in [3.8, 4) is 0 Å². The molecule has 21 heavy (non-hydrogen) atoms.